The van der Waals surface area contributed by atoms with Crippen molar-refractivity contribution in [3.8, 4) is 0 Å². The molecule has 20 heavy (non-hydrogen) atoms. The van der Waals surface area contributed by atoms with Gasteiger partial charge in [0.2, 0.25) is 0 Å². The van der Waals surface area contributed by atoms with Crippen LogP contribution in [0.3, 0.4) is 0 Å². The third-order valence-electron chi connectivity index (χ3n) is 2.98. The Morgan fingerprint density at radius 2 is 1.70 bits per heavy atom. The Labute approximate surface area is 134 Å². The Kier molecular flexibility index (Phi) is 4.83. The van der Waals surface area contributed by atoms with Gasteiger partial charge in [0.25, 0.3) is 5.91 Å². The van der Waals surface area contributed by atoms with Gasteiger partial charge in [-0.15, -0.1) is 0 Å². The van der Waals surface area contributed by atoms with E-state index in [9.17, 15) is 4.79 Å². The number of nitrogens with one attached hydrogen (secondary N) is 1. The van der Waals surface area contributed by atoms with E-state index in [0.717, 1.165) is 14.5 Å². The molecule has 3 nitrogen and oxygen atoms in total. The Bertz CT molecular complexity index is 626. The summed E-state index contributed by atoms with van der Waals surface area (Å²) in [5, 5.41) is 2.94. The maximum Gasteiger partial charge on any atom is 0.253 e. The fourth-order valence-electron chi connectivity index (χ4n) is 1.83. The van der Waals surface area contributed by atoms with E-state index in [-0.39, 0.29) is 11.9 Å². The van der Waals surface area contributed by atoms with Crippen molar-refractivity contribution in [3.63, 3.8) is 0 Å². The molecule has 0 aliphatic carbocycles. The molecule has 0 saturated heterocycles. The molecular formula is C15H14Br2N2O. The number of carbonyl (C=O) groups is 1. The zero-order valence-electron chi connectivity index (χ0n) is 10.9. The molecule has 0 fully saturated rings. The highest BCUT2D eigenvalue weighted by atomic mass is 79.9. The first-order chi connectivity index (χ1) is 9.47. The minimum absolute atomic E-state index is 0.0889. The maximum absolute atomic E-state index is 12.2. The number of amides is 1. The molecule has 5 heteroatoms. The summed E-state index contributed by atoms with van der Waals surface area (Å²) in [6.45, 7) is 1.94. The molecule has 0 heterocycles. The molecule has 1 amide bonds. The Hall–Kier alpha value is -1.33. The summed E-state index contributed by atoms with van der Waals surface area (Å²) in [4.78, 5) is 12.2. The lowest BCUT2D eigenvalue weighted by Gasteiger charge is -2.15. The number of hydrogen-bond donors (Lipinski definition) is 2. The number of anilines is 1. The van der Waals surface area contributed by atoms with Crippen molar-refractivity contribution >= 4 is 43.5 Å². The summed E-state index contributed by atoms with van der Waals surface area (Å²) in [5.41, 5.74) is 7.82. The monoisotopic (exact) mass is 396 g/mol. The van der Waals surface area contributed by atoms with Crippen LogP contribution in [0, 0.1) is 0 Å². The van der Waals surface area contributed by atoms with Crippen LogP contribution in [0.15, 0.2) is 51.4 Å². The van der Waals surface area contributed by atoms with Gasteiger partial charge < -0.3 is 11.1 Å². The predicted molar refractivity (Wildman–Crippen MR) is 88.6 cm³/mol. The summed E-state index contributed by atoms with van der Waals surface area (Å²) >= 11 is 6.73. The largest absolute Gasteiger partial charge is 0.398 e. The van der Waals surface area contributed by atoms with Crippen LogP contribution in [0.5, 0.6) is 0 Å². The van der Waals surface area contributed by atoms with Crippen molar-refractivity contribution in [1.29, 1.82) is 0 Å². The highest BCUT2D eigenvalue weighted by Gasteiger charge is 2.14. The molecular weight excluding hydrogens is 384 g/mol. The average Bonchev–Trinajstić information content (AvgIpc) is 2.42. The van der Waals surface area contributed by atoms with E-state index >= 15 is 0 Å². The Morgan fingerprint density at radius 1 is 1.10 bits per heavy atom. The van der Waals surface area contributed by atoms with E-state index in [2.05, 4.69) is 37.2 Å². The summed E-state index contributed by atoms with van der Waals surface area (Å²) < 4.78 is 1.84. The number of benzene rings is 2. The topological polar surface area (TPSA) is 55.1 Å². The molecule has 0 aliphatic rings. The standard InChI is InChI=1S/C15H14Br2N2O/c1-9(10-2-4-11(16)5-3-10)19-15(20)13-8-12(17)6-7-14(13)18/h2-9H,18H2,1H3,(H,19,20). The van der Waals surface area contributed by atoms with Crippen LogP contribution < -0.4 is 11.1 Å². The second kappa shape index (κ2) is 6.41. The molecule has 2 aromatic carbocycles. The van der Waals surface area contributed by atoms with Gasteiger partial charge >= 0.3 is 0 Å². The fraction of sp³-hybridized carbons (Fsp3) is 0.133. The van der Waals surface area contributed by atoms with Gasteiger partial charge in [-0.2, -0.15) is 0 Å². The molecule has 2 aromatic rings. The minimum atomic E-state index is -0.181. The number of halogens is 2. The highest BCUT2D eigenvalue weighted by Crippen LogP contribution is 2.21. The summed E-state index contributed by atoms with van der Waals surface area (Å²) in [6, 6.07) is 13.0. The minimum Gasteiger partial charge on any atom is -0.398 e. The molecule has 1 unspecified atom stereocenters. The van der Waals surface area contributed by atoms with Gasteiger partial charge in [0.05, 0.1) is 11.6 Å². The van der Waals surface area contributed by atoms with Crippen LogP contribution in [0.25, 0.3) is 0 Å². The molecule has 0 aromatic heterocycles. The van der Waals surface area contributed by atoms with Crippen LogP contribution in [0.1, 0.15) is 28.9 Å². The number of nitrogens with two attached hydrogens (primary N) is 1. The first-order valence-corrected chi connectivity index (χ1v) is 7.67. The van der Waals surface area contributed by atoms with Crippen LogP contribution in [0.2, 0.25) is 0 Å². The first kappa shape index (κ1) is 15.1. The zero-order chi connectivity index (χ0) is 14.7. The third-order valence-corrected chi connectivity index (χ3v) is 4.00. The molecule has 0 saturated carbocycles. The van der Waals surface area contributed by atoms with Crippen molar-refractivity contribution < 1.29 is 4.79 Å². The number of rotatable bonds is 3. The molecule has 0 radical (unpaired) electrons. The molecule has 1 atom stereocenters. The van der Waals surface area contributed by atoms with Crippen LogP contribution in [0.4, 0.5) is 5.69 Å². The zero-order valence-corrected chi connectivity index (χ0v) is 14.0. The predicted octanol–water partition coefficient (Wildman–Crippen LogP) is 4.28. The average molecular weight is 398 g/mol. The number of hydrogen-bond acceptors (Lipinski definition) is 2. The Balaban J connectivity index is 2.15. The second-order valence-corrected chi connectivity index (χ2v) is 6.31. The number of nitrogen functional groups attached to an aromatic ring is 1. The van der Waals surface area contributed by atoms with Gasteiger partial charge in [0.15, 0.2) is 0 Å². The fourth-order valence-corrected chi connectivity index (χ4v) is 2.46. The molecule has 2 rings (SSSR count). The van der Waals surface area contributed by atoms with Gasteiger partial charge in [-0.3, -0.25) is 4.79 Å². The summed E-state index contributed by atoms with van der Waals surface area (Å²) in [5.74, 6) is -0.181. The van der Waals surface area contributed by atoms with Crippen LogP contribution in [-0.2, 0) is 0 Å². The summed E-state index contributed by atoms with van der Waals surface area (Å²) in [6.07, 6.45) is 0. The smallest absolute Gasteiger partial charge is 0.253 e. The van der Waals surface area contributed by atoms with E-state index in [1.54, 1.807) is 12.1 Å². The molecule has 0 aliphatic heterocycles. The first-order valence-electron chi connectivity index (χ1n) is 6.08. The van der Waals surface area contributed by atoms with Crippen molar-refractivity contribution in [3.05, 3.63) is 62.5 Å². The summed E-state index contributed by atoms with van der Waals surface area (Å²) in [7, 11) is 0. The van der Waals surface area contributed by atoms with Crippen molar-refractivity contribution in [2.24, 2.45) is 0 Å². The quantitative estimate of drug-likeness (QED) is 0.759. The van der Waals surface area contributed by atoms with E-state index in [0.29, 0.717) is 11.3 Å². The van der Waals surface area contributed by atoms with E-state index in [4.69, 9.17) is 5.73 Å². The highest BCUT2D eigenvalue weighted by molar-refractivity contribution is 9.10. The lowest BCUT2D eigenvalue weighted by Crippen LogP contribution is -2.27. The molecule has 0 bridgehead atoms. The Morgan fingerprint density at radius 3 is 2.35 bits per heavy atom. The van der Waals surface area contributed by atoms with Gasteiger partial charge in [-0.05, 0) is 42.8 Å². The van der Waals surface area contributed by atoms with E-state index in [1.165, 1.54) is 0 Å². The van der Waals surface area contributed by atoms with Gasteiger partial charge in [0, 0.05) is 14.6 Å². The van der Waals surface area contributed by atoms with Gasteiger partial charge in [0.1, 0.15) is 0 Å². The van der Waals surface area contributed by atoms with E-state index in [1.807, 2.05) is 37.3 Å². The van der Waals surface area contributed by atoms with Gasteiger partial charge in [-0.1, -0.05) is 44.0 Å². The van der Waals surface area contributed by atoms with Crippen molar-refractivity contribution in [1.82, 2.24) is 5.32 Å². The lowest BCUT2D eigenvalue weighted by molar-refractivity contribution is 0.0940. The van der Waals surface area contributed by atoms with Gasteiger partial charge in [-0.25, -0.2) is 0 Å². The van der Waals surface area contributed by atoms with Crippen molar-refractivity contribution in [2.75, 3.05) is 5.73 Å². The molecule has 0 spiro atoms. The van der Waals surface area contributed by atoms with Crippen molar-refractivity contribution in [2.45, 2.75) is 13.0 Å². The lowest BCUT2D eigenvalue weighted by atomic mass is 10.1. The normalized spacial score (nSPS) is 11.9. The second-order valence-electron chi connectivity index (χ2n) is 4.48. The SMILES string of the molecule is CC(NC(=O)c1cc(Br)ccc1N)c1ccc(Br)cc1. The maximum atomic E-state index is 12.2. The molecule has 104 valence electrons. The molecule has 3 N–H and O–H groups in total. The third kappa shape index (κ3) is 3.61. The number of carbonyl (C=O) groups excluding carboxylic acids is 1. The van der Waals surface area contributed by atoms with Crippen LogP contribution >= 0.6 is 31.9 Å². The van der Waals surface area contributed by atoms with E-state index < -0.39 is 0 Å². The van der Waals surface area contributed by atoms with Crippen LogP contribution in [-0.4, -0.2) is 5.91 Å².